The van der Waals surface area contributed by atoms with Gasteiger partial charge in [0.1, 0.15) is 0 Å². The average Bonchev–Trinajstić information content (AvgIpc) is 3.35. The standard InChI is InChI=1S/C20H23N3O3.ClH/c1-12-4-5-13(9-17(12)22-19(24)18-3-2-8-26-18)20(25)23-10-14-6-7-16(21)15(14)11-23;/h2-5,8-9,14-16H,6-7,10-11,21H2,1H3,(H,22,24);1H. The Hall–Kier alpha value is -2.31. The zero-order chi connectivity index (χ0) is 18.3. The SMILES string of the molecule is Cc1ccc(C(=O)N2CC3CCC(N)C3C2)cc1NC(=O)c1ccco1.Cl. The van der Waals surface area contributed by atoms with Crippen LogP contribution in [0.1, 0.15) is 39.3 Å². The molecule has 0 bridgehead atoms. The van der Waals surface area contributed by atoms with Gasteiger partial charge in [0.05, 0.1) is 6.26 Å². The van der Waals surface area contributed by atoms with Crippen LogP contribution in [-0.4, -0.2) is 35.8 Å². The zero-order valence-electron chi connectivity index (χ0n) is 15.2. The van der Waals surface area contributed by atoms with Crippen LogP contribution in [-0.2, 0) is 0 Å². The maximum atomic E-state index is 12.9. The molecule has 1 aromatic heterocycles. The molecule has 1 aliphatic carbocycles. The Morgan fingerprint density at radius 2 is 2.04 bits per heavy atom. The van der Waals surface area contributed by atoms with E-state index in [2.05, 4.69) is 5.32 Å². The van der Waals surface area contributed by atoms with Gasteiger partial charge in [0, 0.05) is 30.4 Å². The highest BCUT2D eigenvalue weighted by Gasteiger charge is 2.42. The largest absolute Gasteiger partial charge is 0.459 e. The number of likely N-dealkylation sites (tertiary alicyclic amines) is 1. The fourth-order valence-electron chi connectivity index (χ4n) is 4.14. The van der Waals surface area contributed by atoms with E-state index in [9.17, 15) is 9.59 Å². The number of amides is 2. The number of aryl methyl sites for hydroxylation is 1. The maximum absolute atomic E-state index is 12.9. The van der Waals surface area contributed by atoms with Gasteiger partial charge < -0.3 is 20.4 Å². The molecule has 27 heavy (non-hydrogen) atoms. The number of nitrogens with zero attached hydrogens (tertiary/aromatic N) is 1. The lowest BCUT2D eigenvalue weighted by molar-refractivity contribution is 0.0779. The van der Waals surface area contributed by atoms with E-state index in [-0.39, 0.29) is 36.0 Å². The maximum Gasteiger partial charge on any atom is 0.291 e. The molecule has 2 aliphatic rings. The van der Waals surface area contributed by atoms with Crippen molar-refractivity contribution >= 4 is 29.9 Å². The highest BCUT2D eigenvalue weighted by atomic mass is 35.5. The monoisotopic (exact) mass is 389 g/mol. The predicted molar refractivity (Wildman–Crippen MR) is 105 cm³/mol. The van der Waals surface area contributed by atoms with E-state index in [1.165, 1.54) is 6.26 Å². The summed E-state index contributed by atoms with van der Waals surface area (Å²) in [5.74, 6) is 0.854. The highest BCUT2D eigenvalue weighted by Crippen LogP contribution is 2.37. The van der Waals surface area contributed by atoms with E-state index >= 15 is 0 Å². The lowest BCUT2D eigenvalue weighted by atomic mass is 9.98. The molecule has 1 aromatic carbocycles. The molecular formula is C20H24ClN3O3. The second-order valence-electron chi connectivity index (χ2n) is 7.34. The summed E-state index contributed by atoms with van der Waals surface area (Å²) < 4.78 is 5.12. The first-order valence-electron chi connectivity index (χ1n) is 9.03. The Kier molecular flexibility index (Phi) is 5.58. The van der Waals surface area contributed by atoms with Crippen molar-refractivity contribution in [1.29, 1.82) is 0 Å². The van der Waals surface area contributed by atoms with Crippen molar-refractivity contribution in [2.24, 2.45) is 17.6 Å². The van der Waals surface area contributed by atoms with Crippen LogP contribution in [0, 0.1) is 18.8 Å². The summed E-state index contributed by atoms with van der Waals surface area (Å²) >= 11 is 0. The number of furan rings is 1. The van der Waals surface area contributed by atoms with E-state index in [0.717, 1.165) is 31.5 Å². The fourth-order valence-corrected chi connectivity index (χ4v) is 4.14. The predicted octanol–water partition coefficient (Wildman–Crippen LogP) is 3.07. The lowest BCUT2D eigenvalue weighted by Crippen LogP contribution is -2.33. The lowest BCUT2D eigenvalue weighted by Gasteiger charge is -2.19. The minimum Gasteiger partial charge on any atom is -0.459 e. The van der Waals surface area contributed by atoms with E-state index in [1.54, 1.807) is 18.2 Å². The Morgan fingerprint density at radius 3 is 2.74 bits per heavy atom. The topological polar surface area (TPSA) is 88.6 Å². The molecule has 3 N–H and O–H groups in total. The van der Waals surface area contributed by atoms with Gasteiger partial charge in [-0.25, -0.2) is 0 Å². The number of hydrogen-bond donors (Lipinski definition) is 2. The highest BCUT2D eigenvalue weighted by molar-refractivity contribution is 6.04. The third-order valence-electron chi connectivity index (χ3n) is 5.68. The van der Waals surface area contributed by atoms with Crippen LogP contribution in [0.4, 0.5) is 5.69 Å². The minimum absolute atomic E-state index is 0. The summed E-state index contributed by atoms with van der Waals surface area (Å²) in [6.07, 6.45) is 3.62. The molecule has 144 valence electrons. The van der Waals surface area contributed by atoms with Gasteiger partial charge >= 0.3 is 0 Å². The number of halogens is 1. The van der Waals surface area contributed by atoms with E-state index in [1.807, 2.05) is 24.0 Å². The number of benzene rings is 1. The number of rotatable bonds is 3. The van der Waals surface area contributed by atoms with E-state index in [0.29, 0.717) is 23.1 Å². The van der Waals surface area contributed by atoms with Crippen molar-refractivity contribution in [3.63, 3.8) is 0 Å². The van der Waals surface area contributed by atoms with Crippen molar-refractivity contribution < 1.29 is 14.0 Å². The van der Waals surface area contributed by atoms with E-state index in [4.69, 9.17) is 10.2 Å². The molecular weight excluding hydrogens is 366 g/mol. The van der Waals surface area contributed by atoms with Gasteiger partial charge in [-0.3, -0.25) is 9.59 Å². The molecule has 2 amide bonds. The molecule has 3 atom stereocenters. The second kappa shape index (κ2) is 7.74. The van der Waals surface area contributed by atoms with Gasteiger partial charge in [0.25, 0.3) is 11.8 Å². The van der Waals surface area contributed by atoms with Crippen LogP contribution in [0.15, 0.2) is 41.0 Å². The first-order chi connectivity index (χ1) is 12.5. The molecule has 2 aromatic rings. The summed E-state index contributed by atoms with van der Waals surface area (Å²) in [7, 11) is 0. The second-order valence-corrected chi connectivity index (χ2v) is 7.34. The molecule has 2 fully saturated rings. The fraction of sp³-hybridized carbons (Fsp3) is 0.400. The minimum atomic E-state index is -0.329. The normalized spacial score (nSPS) is 23.6. The molecule has 1 saturated carbocycles. The number of nitrogens with two attached hydrogens (primary N) is 1. The van der Waals surface area contributed by atoms with Crippen LogP contribution in [0.2, 0.25) is 0 Å². The molecule has 0 spiro atoms. The molecule has 3 unspecified atom stereocenters. The Balaban J connectivity index is 0.00000210. The average molecular weight is 390 g/mol. The number of carbonyl (C=O) groups excluding carboxylic acids is 2. The number of anilines is 1. The quantitative estimate of drug-likeness (QED) is 0.844. The van der Waals surface area contributed by atoms with Gasteiger partial charge in [0.15, 0.2) is 5.76 Å². The van der Waals surface area contributed by atoms with Gasteiger partial charge in [0.2, 0.25) is 0 Å². The number of hydrogen-bond acceptors (Lipinski definition) is 4. The van der Waals surface area contributed by atoms with Gasteiger partial charge in [-0.1, -0.05) is 6.07 Å². The van der Waals surface area contributed by atoms with Gasteiger partial charge in [-0.05, 0) is 61.4 Å². The number of nitrogens with one attached hydrogen (secondary N) is 1. The Labute approximate surface area is 164 Å². The van der Waals surface area contributed by atoms with E-state index < -0.39 is 0 Å². The summed E-state index contributed by atoms with van der Waals surface area (Å²) in [6.45, 7) is 3.40. The number of fused-ring (bicyclic) bond motifs is 1. The van der Waals surface area contributed by atoms with Crippen molar-refractivity contribution in [2.45, 2.75) is 25.8 Å². The van der Waals surface area contributed by atoms with Crippen molar-refractivity contribution in [3.05, 3.63) is 53.5 Å². The van der Waals surface area contributed by atoms with Crippen LogP contribution in [0.25, 0.3) is 0 Å². The van der Waals surface area contributed by atoms with Crippen LogP contribution in [0.5, 0.6) is 0 Å². The van der Waals surface area contributed by atoms with Crippen molar-refractivity contribution in [1.82, 2.24) is 4.90 Å². The van der Waals surface area contributed by atoms with Crippen molar-refractivity contribution in [2.75, 3.05) is 18.4 Å². The van der Waals surface area contributed by atoms with Crippen LogP contribution >= 0.6 is 12.4 Å². The van der Waals surface area contributed by atoms with Gasteiger partial charge in [-0.2, -0.15) is 0 Å². The first-order valence-corrected chi connectivity index (χ1v) is 9.03. The molecule has 0 radical (unpaired) electrons. The molecule has 6 nitrogen and oxygen atoms in total. The molecule has 2 heterocycles. The summed E-state index contributed by atoms with van der Waals surface area (Å²) in [5, 5.41) is 2.82. The molecule has 1 saturated heterocycles. The third-order valence-corrected chi connectivity index (χ3v) is 5.68. The van der Waals surface area contributed by atoms with Crippen LogP contribution in [0.3, 0.4) is 0 Å². The van der Waals surface area contributed by atoms with Gasteiger partial charge in [-0.15, -0.1) is 12.4 Å². The zero-order valence-corrected chi connectivity index (χ0v) is 16.0. The number of carbonyl (C=O) groups is 2. The molecule has 4 rings (SSSR count). The summed E-state index contributed by atoms with van der Waals surface area (Å²) in [5.41, 5.74) is 8.26. The van der Waals surface area contributed by atoms with Crippen LogP contribution < -0.4 is 11.1 Å². The summed E-state index contributed by atoms with van der Waals surface area (Å²) in [4.78, 5) is 27.0. The Morgan fingerprint density at radius 1 is 1.22 bits per heavy atom. The Bertz CT molecular complexity index is 837. The summed E-state index contributed by atoms with van der Waals surface area (Å²) in [6, 6.07) is 8.88. The molecule has 7 heteroatoms. The first kappa shape index (κ1) is 19.5. The smallest absolute Gasteiger partial charge is 0.291 e. The molecule has 1 aliphatic heterocycles. The van der Waals surface area contributed by atoms with Crippen molar-refractivity contribution in [3.8, 4) is 0 Å². The third kappa shape index (κ3) is 3.73.